The molecule has 1 fully saturated rings. The van der Waals surface area contributed by atoms with Gasteiger partial charge in [-0.2, -0.15) is 0 Å². The van der Waals surface area contributed by atoms with Crippen LogP contribution in [0.5, 0.6) is 0 Å². The van der Waals surface area contributed by atoms with E-state index in [0.717, 1.165) is 11.3 Å². The van der Waals surface area contributed by atoms with Gasteiger partial charge in [0, 0.05) is 5.57 Å². The quantitative estimate of drug-likeness (QED) is 0.659. The number of hydrogen-bond donors (Lipinski definition) is 0. The first kappa shape index (κ1) is 11.6. The molecule has 1 nitrogen and oxygen atoms in total. The predicted molar refractivity (Wildman–Crippen MR) is 65.5 cm³/mol. The Morgan fingerprint density at radius 2 is 2.13 bits per heavy atom. The summed E-state index contributed by atoms with van der Waals surface area (Å²) in [5.74, 6) is 0.878. The van der Waals surface area contributed by atoms with Crippen molar-refractivity contribution in [2.75, 3.05) is 6.61 Å². The summed E-state index contributed by atoms with van der Waals surface area (Å²) in [5.41, 5.74) is 3.40. The highest BCUT2D eigenvalue weighted by Gasteiger charge is 2.17. The Labute approximate surface area is 92.1 Å². The topological polar surface area (TPSA) is 9.23 Å². The van der Waals surface area contributed by atoms with Gasteiger partial charge in [-0.25, -0.2) is 0 Å². The molecule has 0 aromatic carbocycles. The minimum absolute atomic E-state index is 0.632. The summed E-state index contributed by atoms with van der Waals surface area (Å²) in [6.45, 7) is 10.8. The number of ether oxygens (including phenoxy) is 1. The maximum Gasteiger partial charge on any atom is 0.126 e. The van der Waals surface area contributed by atoms with Crippen LogP contribution in [0.25, 0.3) is 0 Å². The number of rotatable bonds is 2. The Bertz CT molecular complexity index is 365. The van der Waals surface area contributed by atoms with Crippen molar-refractivity contribution in [2.45, 2.75) is 20.8 Å². The van der Waals surface area contributed by atoms with Crippen molar-refractivity contribution >= 4 is 0 Å². The fraction of sp³-hybridized carbons (Fsp3) is 0.286. The van der Waals surface area contributed by atoms with Crippen LogP contribution in [-0.4, -0.2) is 6.61 Å². The van der Waals surface area contributed by atoms with Crippen molar-refractivity contribution in [1.29, 1.82) is 0 Å². The molecule has 0 atom stereocenters. The van der Waals surface area contributed by atoms with Gasteiger partial charge < -0.3 is 4.74 Å². The van der Waals surface area contributed by atoms with Gasteiger partial charge in [0.25, 0.3) is 0 Å². The first-order valence-corrected chi connectivity index (χ1v) is 5.18. The SMILES string of the molecule is C=C1/C(=C/C(C)=C\C)CO/C1=C/C=C\C. The van der Waals surface area contributed by atoms with E-state index >= 15 is 0 Å². The van der Waals surface area contributed by atoms with Gasteiger partial charge in [0.2, 0.25) is 0 Å². The lowest BCUT2D eigenvalue weighted by molar-refractivity contribution is 0.280. The van der Waals surface area contributed by atoms with Gasteiger partial charge in [0.15, 0.2) is 0 Å². The van der Waals surface area contributed by atoms with Crippen LogP contribution in [0.15, 0.2) is 59.4 Å². The summed E-state index contributed by atoms with van der Waals surface area (Å²) in [4.78, 5) is 0. The van der Waals surface area contributed by atoms with Gasteiger partial charge in [-0.1, -0.05) is 36.5 Å². The van der Waals surface area contributed by atoms with E-state index in [-0.39, 0.29) is 0 Å². The van der Waals surface area contributed by atoms with Crippen LogP contribution in [0.3, 0.4) is 0 Å². The maximum absolute atomic E-state index is 5.54. The Kier molecular flexibility index (Phi) is 4.17. The van der Waals surface area contributed by atoms with Gasteiger partial charge in [0.1, 0.15) is 12.4 Å². The van der Waals surface area contributed by atoms with Crippen LogP contribution in [0.4, 0.5) is 0 Å². The smallest absolute Gasteiger partial charge is 0.126 e. The zero-order chi connectivity index (χ0) is 11.3. The summed E-state index contributed by atoms with van der Waals surface area (Å²) in [6.07, 6.45) is 10.1. The maximum atomic E-state index is 5.54. The first-order valence-electron chi connectivity index (χ1n) is 5.18. The Hall–Kier alpha value is -1.50. The van der Waals surface area contributed by atoms with Crippen LogP contribution in [0, 0.1) is 0 Å². The molecule has 1 aliphatic heterocycles. The van der Waals surface area contributed by atoms with Crippen LogP contribution >= 0.6 is 0 Å². The van der Waals surface area contributed by atoms with Crippen molar-refractivity contribution in [3.8, 4) is 0 Å². The summed E-state index contributed by atoms with van der Waals surface area (Å²) in [7, 11) is 0. The average Bonchev–Trinajstić information content (AvgIpc) is 2.57. The van der Waals surface area contributed by atoms with Crippen molar-refractivity contribution in [2.24, 2.45) is 0 Å². The molecule has 0 N–H and O–H groups in total. The third-order valence-electron chi connectivity index (χ3n) is 2.37. The zero-order valence-corrected chi connectivity index (χ0v) is 9.71. The molecule has 0 aromatic heterocycles. The molecular formula is C14H18O. The summed E-state index contributed by atoms with van der Waals surface area (Å²) in [6, 6.07) is 0. The van der Waals surface area contributed by atoms with Gasteiger partial charge in [-0.05, 0) is 32.4 Å². The minimum Gasteiger partial charge on any atom is -0.488 e. The van der Waals surface area contributed by atoms with Crippen molar-refractivity contribution < 1.29 is 4.74 Å². The fourth-order valence-electron chi connectivity index (χ4n) is 1.31. The summed E-state index contributed by atoms with van der Waals surface area (Å²) in [5, 5.41) is 0. The second-order valence-electron chi connectivity index (χ2n) is 3.53. The Morgan fingerprint density at radius 3 is 2.73 bits per heavy atom. The fourth-order valence-corrected chi connectivity index (χ4v) is 1.31. The van der Waals surface area contributed by atoms with Crippen LogP contribution in [0.1, 0.15) is 20.8 Å². The van der Waals surface area contributed by atoms with Crippen molar-refractivity contribution in [1.82, 2.24) is 0 Å². The molecule has 1 rings (SSSR count). The van der Waals surface area contributed by atoms with E-state index in [0.29, 0.717) is 6.61 Å². The number of allylic oxidation sites excluding steroid dienone is 7. The molecule has 0 unspecified atom stereocenters. The molecule has 0 amide bonds. The second kappa shape index (κ2) is 5.40. The van der Waals surface area contributed by atoms with E-state index < -0.39 is 0 Å². The highest BCUT2D eigenvalue weighted by atomic mass is 16.5. The zero-order valence-electron chi connectivity index (χ0n) is 9.71. The van der Waals surface area contributed by atoms with Gasteiger partial charge >= 0.3 is 0 Å². The van der Waals surface area contributed by atoms with Gasteiger partial charge in [-0.15, -0.1) is 0 Å². The summed E-state index contributed by atoms with van der Waals surface area (Å²) < 4.78 is 5.54. The molecule has 0 aliphatic carbocycles. The monoisotopic (exact) mass is 202 g/mol. The Balaban J connectivity index is 2.86. The largest absolute Gasteiger partial charge is 0.488 e. The van der Waals surface area contributed by atoms with Gasteiger partial charge in [-0.3, -0.25) is 0 Å². The molecule has 1 heterocycles. The predicted octanol–water partition coefficient (Wildman–Crippen LogP) is 3.93. The lowest BCUT2D eigenvalue weighted by Crippen LogP contribution is -1.83. The van der Waals surface area contributed by atoms with Gasteiger partial charge in [0.05, 0.1) is 0 Å². The molecule has 80 valence electrons. The van der Waals surface area contributed by atoms with E-state index in [2.05, 4.69) is 25.7 Å². The molecule has 0 aromatic rings. The van der Waals surface area contributed by atoms with E-state index in [4.69, 9.17) is 4.74 Å². The minimum atomic E-state index is 0.632. The molecule has 0 saturated carbocycles. The first-order chi connectivity index (χ1) is 7.19. The highest BCUT2D eigenvalue weighted by Crippen LogP contribution is 2.28. The normalized spacial score (nSPS) is 23.1. The number of hydrogen-bond acceptors (Lipinski definition) is 1. The second-order valence-corrected chi connectivity index (χ2v) is 3.53. The van der Waals surface area contributed by atoms with Crippen LogP contribution in [-0.2, 0) is 4.74 Å². The molecule has 1 saturated heterocycles. The molecular weight excluding hydrogens is 184 g/mol. The molecule has 1 heteroatoms. The lowest BCUT2D eigenvalue weighted by atomic mass is 10.1. The van der Waals surface area contributed by atoms with E-state index in [1.54, 1.807) is 0 Å². The Morgan fingerprint density at radius 1 is 1.40 bits per heavy atom. The van der Waals surface area contributed by atoms with E-state index in [1.807, 2.05) is 32.1 Å². The summed E-state index contributed by atoms with van der Waals surface area (Å²) >= 11 is 0. The van der Waals surface area contributed by atoms with Crippen molar-refractivity contribution in [3.63, 3.8) is 0 Å². The van der Waals surface area contributed by atoms with E-state index in [1.165, 1.54) is 11.1 Å². The standard InChI is InChI=1S/C14H18O/c1-5-7-8-14-12(4)13(10-15-14)9-11(3)6-2/h5-9H,4,10H2,1-3H3/b7-5-,11-6-,13-9+,14-8+. The van der Waals surface area contributed by atoms with E-state index in [9.17, 15) is 0 Å². The highest BCUT2D eigenvalue weighted by molar-refractivity contribution is 5.49. The molecule has 0 radical (unpaired) electrons. The molecule has 1 aliphatic rings. The average molecular weight is 202 g/mol. The third kappa shape index (κ3) is 2.98. The van der Waals surface area contributed by atoms with Crippen LogP contribution < -0.4 is 0 Å². The lowest BCUT2D eigenvalue weighted by Gasteiger charge is -1.96. The molecule has 15 heavy (non-hydrogen) atoms. The third-order valence-corrected chi connectivity index (χ3v) is 2.37. The molecule has 0 bridgehead atoms. The molecule has 0 spiro atoms. The van der Waals surface area contributed by atoms with Crippen LogP contribution in [0.2, 0.25) is 0 Å². The van der Waals surface area contributed by atoms with Crippen molar-refractivity contribution in [3.05, 3.63) is 59.4 Å².